The highest BCUT2D eigenvalue weighted by atomic mass is 16.4. The molecule has 1 aromatic heterocycles. The summed E-state index contributed by atoms with van der Waals surface area (Å²) in [4.78, 5) is 26.0. The number of carboxylic acids is 2. The number of rotatable bonds is 5. The lowest BCUT2D eigenvalue weighted by Crippen LogP contribution is -2.20. The van der Waals surface area contributed by atoms with Gasteiger partial charge in [-0.15, -0.1) is 0 Å². The molecule has 1 heterocycles. The number of nitrogens with one attached hydrogen (secondary N) is 1. The largest absolute Gasteiger partial charge is 0.481 e. The third-order valence-corrected chi connectivity index (χ3v) is 2.94. The predicted molar refractivity (Wildman–Crippen MR) is 70.8 cm³/mol. The van der Waals surface area contributed by atoms with Crippen LogP contribution < -0.4 is 4.90 Å². The summed E-state index contributed by atoms with van der Waals surface area (Å²) in [7, 11) is 1.80. The van der Waals surface area contributed by atoms with E-state index in [-0.39, 0.29) is 12.1 Å². The summed E-state index contributed by atoms with van der Waals surface area (Å²) >= 11 is 0. The molecule has 2 aromatic rings. The summed E-state index contributed by atoms with van der Waals surface area (Å²) in [6.45, 7) is 0.400. The molecule has 0 amide bonds. The summed E-state index contributed by atoms with van der Waals surface area (Å²) in [5, 5.41) is 18.3. The lowest BCUT2D eigenvalue weighted by atomic mass is 10.2. The average molecular weight is 262 g/mol. The van der Waals surface area contributed by atoms with E-state index in [0.717, 1.165) is 16.6 Å². The number of aromatic amines is 1. The number of H-pyrrole nitrogens is 1. The standard InChI is InChI=1S/C13H14N2O4/c1-15(5-4-12(16)17)9-2-3-10-8(6-9)7-11(14-10)13(18)19/h2-3,6-7,14H,4-5H2,1H3,(H,16,17)(H,18,19). The van der Waals surface area contributed by atoms with E-state index in [9.17, 15) is 9.59 Å². The van der Waals surface area contributed by atoms with Crippen molar-refractivity contribution in [3.8, 4) is 0 Å². The Morgan fingerprint density at radius 3 is 2.63 bits per heavy atom. The van der Waals surface area contributed by atoms with Gasteiger partial charge < -0.3 is 20.1 Å². The van der Waals surface area contributed by atoms with E-state index in [2.05, 4.69) is 4.98 Å². The maximum absolute atomic E-state index is 10.9. The number of hydrogen-bond donors (Lipinski definition) is 3. The molecular weight excluding hydrogens is 248 g/mol. The van der Waals surface area contributed by atoms with Gasteiger partial charge in [-0.05, 0) is 24.3 Å². The van der Waals surface area contributed by atoms with E-state index in [0.29, 0.717) is 6.54 Å². The molecule has 6 nitrogen and oxygen atoms in total. The zero-order chi connectivity index (χ0) is 14.0. The van der Waals surface area contributed by atoms with Gasteiger partial charge in [-0.1, -0.05) is 0 Å². The van der Waals surface area contributed by atoms with E-state index in [1.165, 1.54) is 0 Å². The van der Waals surface area contributed by atoms with Gasteiger partial charge in [0, 0.05) is 30.2 Å². The number of aromatic nitrogens is 1. The summed E-state index contributed by atoms with van der Waals surface area (Å²) in [6, 6.07) is 7.01. The molecule has 3 N–H and O–H groups in total. The van der Waals surface area contributed by atoms with Gasteiger partial charge in [-0.25, -0.2) is 4.79 Å². The van der Waals surface area contributed by atoms with E-state index < -0.39 is 11.9 Å². The lowest BCUT2D eigenvalue weighted by molar-refractivity contribution is -0.136. The van der Waals surface area contributed by atoms with Crippen LogP contribution in [0.3, 0.4) is 0 Å². The van der Waals surface area contributed by atoms with Crippen molar-refractivity contribution in [1.29, 1.82) is 0 Å². The third-order valence-electron chi connectivity index (χ3n) is 2.94. The molecule has 0 spiro atoms. The van der Waals surface area contributed by atoms with E-state index >= 15 is 0 Å². The Labute approximate surface area is 109 Å². The van der Waals surface area contributed by atoms with Crippen molar-refractivity contribution < 1.29 is 19.8 Å². The lowest BCUT2D eigenvalue weighted by Gasteiger charge is -2.18. The minimum absolute atomic E-state index is 0.0576. The maximum atomic E-state index is 10.9. The molecular formula is C13H14N2O4. The summed E-state index contributed by atoms with van der Waals surface area (Å²) < 4.78 is 0. The van der Waals surface area contributed by atoms with Crippen LogP contribution in [-0.2, 0) is 4.79 Å². The average Bonchev–Trinajstić information content (AvgIpc) is 2.78. The number of hydrogen-bond acceptors (Lipinski definition) is 3. The topological polar surface area (TPSA) is 93.6 Å². The Morgan fingerprint density at radius 1 is 1.26 bits per heavy atom. The fraction of sp³-hybridized carbons (Fsp3) is 0.231. The second-order valence-electron chi connectivity index (χ2n) is 4.33. The molecule has 0 radical (unpaired) electrons. The quantitative estimate of drug-likeness (QED) is 0.763. The highest BCUT2D eigenvalue weighted by molar-refractivity contribution is 5.94. The first kappa shape index (κ1) is 12.9. The highest BCUT2D eigenvalue weighted by Gasteiger charge is 2.09. The normalized spacial score (nSPS) is 10.6. The van der Waals surface area contributed by atoms with Crippen LogP contribution in [0.25, 0.3) is 10.9 Å². The van der Waals surface area contributed by atoms with Crippen molar-refractivity contribution in [3.63, 3.8) is 0 Å². The number of aromatic carboxylic acids is 1. The monoisotopic (exact) mass is 262 g/mol. The van der Waals surface area contributed by atoms with Crippen LogP contribution in [0.5, 0.6) is 0 Å². The predicted octanol–water partition coefficient (Wildman–Crippen LogP) is 1.78. The molecule has 0 aliphatic heterocycles. The van der Waals surface area contributed by atoms with Crippen molar-refractivity contribution in [1.82, 2.24) is 4.98 Å². The summed E-state index contributed by atoms with van der Waals surface area (Å²) in [5.74, 6) is -1.85. The molecule has 0 atom stereocenters. The SMILES string of the molecule is CN(CCC(=O)O)c1ccc2[nH]c(C(=O)O)cc2c1. The minimum Gasteiger partial charge on any atom is -0.481 e. The number of nitrogens with zero attached hydrogens (tertiary/aromatic N) is 1. The molecule has 0 unspecified atom stereocenters. The van der Waals surface area contributed by atoms with Crippen LogP contribution in [0.15, 0.2) is 24.3 Å². The Balaban J connectivity index is 2.25. The Kier molecular flexibility index (Phi) is 3.41. The number of benzene rings is 1. The molecule has 0 fully saturated rings. The number of carboxylic acid groups (broad SMARTS) is 2. The molecule has 6 heteroatoms. The molecule has 2 rings (SSSR count). The second kappa shape index (κ2) is 5.01. The van der Waals surface area contributed by atoms with Crippen molar-refractivity contribution in [2.24, 2.45) is 0 Å². The summed E-state index contributed by atoms with van der Waals surface area (Å²) in [5.41, 5.74) is 1.73. The van der Waals surface area contributed by atoms with Gasteiger partial charge in [0.25, 0.3) is 0 Å². The van der Waals surface area contributed by atoms with Crippen molar-refractivity contribution >= 4 is 28.5 Å². The van der Waals surface area contributed by atoms with Gasteiger partial charge in [0.1, 0.15) is 5.69 Å². The number of fused-ring (bicyclic) bond motifs is 1. The molecule has 0 aliphatic carbocycles. The molecule has 1 aromatic carbocycles. The molecule has 0 aliphatic rings. The van der Waals surface area contributed by atoms with E-state index in [1.807, 2.05) is 17.0 Å². The van der Waals surface area contributed by atoms with Crippen molar-refractivity contribution in [3.05, 3.63) is 30.0 Å². The molecule has 0 bridgehead atoms. The number of anilines is 1. The van der Waals surface area contributed by atoms with Gasteiger partial charge in [0.2, 0.25) is 0 Å². The minimum atomic E-state index is -1.00. The molecule has 0 saturated heterocycles. The first-order chi connectivity index (χ1) is 8.97. The molecule has 0 saturated carbocycles. The first-order valence-corrected chi connectivity index (χ1v) is 5.76. The van der Waals surface area contributed by atoms with E-state index in [4.69, 9.17) is 10.2 Å². The second-order valence-corrected chi connectivity index (χ2v) is 4.33. The van der Waals surface area contributed by atoms with Crippen LogP contribution in [0, 0.1) is 0 Å². The smallest absolute Gasteiger partial charge is 0.352 e. The number of aliphatic carboxylic acids is 1. The van der Waals surface area contributed by atoms with E-state index in [1.54, 1.807) is 19.2 Å². The highest BCUT2D eigenvalue weighted by Crippen LogP contribution is 2.22. The molecule has 100 valence electrons. The van der Waals surface area contributed by atoms with Crippen LogP contribution in [0.4, 0.5) is 5.69 Å². The zero-order valence-corrected chi connectivity index (χ0v) is 10.4. The van der Waals surface area contributed by atoms with Crippen molar-refractivity contribution in [2.75, 3.05) is 18.5 Å². The van der Waals surface area contributed by atoms with Crippen molar-refractivity contribution in [2.45, 2.75) is 6.42 Å². The maximum Gasteiger partial charge on any atom is 0.352 e. The van der Waals surface area contributed by atoms with Gasteiger partial charge >= 0.3 is 11.9 Å². The Bertz CT molecular complexity index is 633. The third kappa shape index (κ3) is 2.85. The van der Waals surface area contributed by atoms with Crippen LogP contribution >= 0.6 is 0 Å². The fourth-order valence-corrected chi connectivity index (χ4v) is 1.87. The van der Waals surface area contributed by atoms with Gasteiger partial charge in [0.15, 0.2) is 0 Å². The summed E-state index contributed by atoms with van der Waals surface area (Å²) in [6.07, 6.45) is 0.0576. The van der Waals surface area contributed by atoms with Crippen LogP contribution in [0.1, 0.15) is 16.9 Å². The number of carbonyl (C=O) groups is 2. The first-order valence-electron chi connectivity index (χ1n) is 5.76. The Morgan fingerprint density at radius 2 is 2.00 bits per heavy atom. The van der Waals surface area contributed by atoms with Crippen LogP contribution in [-0.4, -0.2) is 40.7 Å². The van der Waals surface area contributed by atoms with Gasteiger partial charge in [-0.2, -0.15) is 0 Å². The fourth-order valence-electron chi connectivity index (χ4n) is 1.87. The van der Waals surface area contributed by atoms with Gasteiger partial charge in [-0.3, -0.25) is 4.79 Å². The van der Waals surface area contributed by atoms with Crippen LogP contribution in [0.2, 0.25) is 0 Å². The van der Waals surface area contributed by atoms with Gasteiger partial charge in [0.05, 0.1) is 6.42 Å². The molecule has 19 heavy (non-hydrogen) atoms. The Hall–Kier alpha value is -2.50. The zero-order valence-electron chi connectivity index (χ0n) is 10.4.